The molecule has 1 amide bonds. The number of benzene rings is 2. The number of nitrogens with one attached hydrogen (secondary N) is 2. The van der Waals surface area contributed by atoms with E-state index < -0.39 is 6.17 Å². The van der Waals surface area contributed by atoms with Gasteiger partial charge in [0.2, 0.25) is 6.17 Å². The minimum atomic E-state index is -0.896. The van der Waals surface area contributed by atoms with Crippen molar-refractivity contribution in [1.29, 1.82) is 0 Å². The fraction of sp³-hybridized carbons (Fsp3) is 0.167. The second-order valence-electron chi connectivity index (χ2n) is 7.70. The van der Waals surface area contributed by atoms with Gasteiger partial charge in [0.05, 0.1) is 11.8 Å². The number of rotatable bonds is 4. The molecular formula is C24H22ClN5OS2. The number of hydrogen-bond donors (Lipinski definition) is 3. The molecule has 3 atom stereocenters. The van der Waals surface area contributed by atoms with Crippen LogP contribution >= 0.6 is 36.0 Å². The summed E-state index contributed by atoms with van der Waals surface area (Å²) in [4.78, 5) is 20.1. The molecule has 0 spiro atoms. The molecule has 9 heteroatoms. The summed E-state index contributed by atoms with van der Waals surface area (Å²) in [5.74, 6) is -0.375. The van der Waals surface area contributed by atoms with Crippen LogP contribution in [0, 0.1) is 5.92 Å². The van der Waals surface area contributed by atoms with Crippen LogP contribution in [0.1, 0.15) is 11.1 Å². The van der Waals surface area contributed by atoms with Crippen molar-refractivity contribution in [3.8, 4) is 0 Å². The lowest BCUT2D eigenvalue weighted by molar-refractivity contribution is -0.132. The van der Waals surface area contributed by atoms with Gasteiger partial charge in [0.15, 0.2) is 5.11 Å². The lowest BCUT2D eigenvalue weighted by atomic mass is 9.86. The molecule has 0 saturated heterocycles. The Morgan fingerprint density at radius 1 is 1.12 bits per heavy atom. The van der Waals surface area contributed by atoms with Gasteiger partial charge < -0.3 is 21.3 Å². The summed E-state index contributed by atoms with van der Waals surface area (Å²) in [7, 11) is 1.76. The molecule has 0 bridgehead atoms. The second kappa shape index (κ2) is 9.82. The Bertz CT molecular complexity index is 1180. The molecule has 2 aromatic rings. The first-order valence-electron chi connectivity index (χ1n) is 10.3. The first kappa shape index (κ1) is 23.1. The average molecular weight is 496 g/mol. The van der Waals surface area contributed by atoms with Crippen LogP contribution < -0.4 is 16.4 Å². The average Bonchev–Trinajstić information content (AvgIpc) is 2.90. The van der Waals surface area contributed by atoms with E-state index >= 15 is 0 Å². The number of nitrogens with zero attached hydrogens (tertiary/aromatic N) is 2. The monoisotopic (exact) mass is 495 g/mol. The Kier molecular flexibility index (Phi) is 6.88. The fourth-order valence-electron chi connectivity index (χ4n) is 3.85. The van der Waals surface area contributed by atoms with Gasteiger partial charge in [-0.2, -0.15) is 0 Å². The smallest absolute Gasteiger partial charge is 0.268 e. The molecule has 0 saturated carbocycles. The molecule has 1 heterocycles. The summed E-state index contributed by atoms with van der Waals surface area (Å²) < 4.78 is 0. The van der Waals surface area contributed by atoms with Crippen molar-refractivity contribution >= 4 is 63.4 Å². The Hall–Kier alpha value is -3.07. The van der Waals surface area contributed by atoms with E-state index in [2.05, 4.69) is 10.6 Å². The van der Waals surface area contributed by atoms with Gasteiger partial charge in [0, 0.05) is 29.2 Å². The molecule has 6 nitrogen and oxygen atoms in total. The highest BCUT2D eigenvalue weighted by molar-refractivity contribution is 7.80. The molecule has 1 aliphatic heterocycles. The van der Waals surface area contributed by atoms with Crippen LogP contribution in [0.4, 0.5) is 5.69 Å². The Balaban J connectivity index is 1.62. The second-order valence-corrected chi connectivity index (χ2v) is 8.98. The topological polar surface area (TPSA) is 82.8 Å². The maximum Gasteiger partial charge on any atom is 0.268 e. The third-order valence-corrected chi connectivity index (χ3v) is 6.24. The van der Waals surface area contributed by atoms with Crippen LogP contribution in [-0.2, 0) is 4.79 Å². The summed E-state index contributed by atoms with van der Waals surface area (Å²) in [5, 5.41) is 7.03. The highest BCUT2D eigenvalue weighted by Gasteiger charge is 2.38. The number of likely N-dealkylation sites (N-methyl/N-ethyl adjacent to an activating group) is 1. The number of aliphatic imine (C=N–C) groups is 1. The van der Waals surface area contributed by atoms with Gasteiger partial charge in [-0.3, -0.25) is 9.79 Å². The van der Waals surface area contributed by atoms with Gasteiger partial charge >= 0.3 is 0 Å². The molecular weight excluding hydrogens is 474 g/mol. The number of thiocarbonyl (C=S) groups is 2. The summed E-state index contributed by atoms with van der Waals surface area (Å²) in [6.45, 7) is 0. The standard InChI is InChI=1S/C24H22ClN5OS2/c1-30-19-12-9-16(25)13-18(19)20(14-5-3-2-4-6-14)28-22(23(30)31)29-24(33)27-17-10-7-15(8-11-17)21(26)32/h2-13,18-19,22H,1H3,(H2,26,32)(H2,27,29,33). The minimum absolute atomic E-state index is 0.181. The number of carbonyl (C=O) groups is 1. The third-order valence-electron chi connectivity index (χ3n) is 5.54. The summed E-state index contributed by atoms with van der Waals surface area (Å²) in [6.07, 6.45) is 4.79. The number of hydrogen-bond acceptors (Lipinski definition) is 4. The molecule has 4 N–H and O–H groups in total. The van der Waals surface area contributed by atoms with Crippen molar-refractivity contribution in [2.75, 3.05) is 12.4 Å². The van der Waals surface area contributed by atoms with E-state index in [9.17, 15) is 4.79 Å². The van der Waals surface area contributed by atoms with Gasteiger partial charge in [-0.05, 0) is 48.1 Å². The summed E-state index contributed by atoms with van der Waals surface area (Å²) in [6, 6.07) is 16.8. The van der Waals surface area contributed by atoms with Crippen molar-refractivity contribution in [1.82, 2.24) is 10.2 Å². The van der Waals surface area contributed by atoms with Crippen LogP contribution in [0.2, 0.25) is 0 Å². The molecule has 3 unspecified atom stereocenters. The molecule has 33 heavy (non-hydrogen) atoms. The van der Waals surface area contributed by atoms with Crippen LogP contribution in [0.5, 0.6) is 0 Å². The zero-order valence-electron chi connectivity index (χ0n) is 17.7. The number of anilines is 1. The third kappa shape index (κ3) is 5.13. The van der Waals surface area contributed by atoms with Gasteiger partial charge in [-0.1, -0.05) is 66.3 Å². The largest absolute Gasteiger partial charge is 0.389 e. The van der Waals surface area contributed by atoms with E-state index in [4.69, 9.17) is 46.8 Å². The predicted octanol–water partition coefficient (Wildman–Crippen LogP) is 3.57. The van der Waals surface area contributed by atoms with Crippen molar-refractivity contribution in [3.05, 3.63) is 89.0 Å². The van der Waals surface area contributed by atoms with E-state index in [1.807, 2.05) is 60.7 Å². The maximum atomic E-state index is 13.3. The molecule has 0 fully saturated rings. The molecule has 168 valence electrons. The zero-order chi connectivity index (χ0) is 23.5. The highest BCUT2D eigenvalue weighted by Crippen LogP contribution is 2.30. The van der Waals surface area contributed by atoms with Gasteiger partial charge in [-0.25, -0.2) is 0 Å². The Morgan fingerprint density at radius 2 is 1.82 bits per heavy atom. The Labute approximate surface area is 208 Å². The summed E-state index contributed by atoms with van der Waals surface area (Å²) in [5.41, 5.74) is 8.83. The quantitative estimate of drug-likeness (QED) is 0.562. The first-order valence-corrected chi connectivity index (χ1v) is 11.5. The number of amides is 1. The highest BCUT2D eigenvalue weighted by atomic mass is 35.5. The van der Waals surface area contributed by atoms with Crippen molar-refractivity contribution in [2.24, 2.45) is 16.6 Å². The fourth-order valence-corrected chi connectivity index (χ4v) is 4.42. The van der Waals surface area contributed by atoms with E-state index in [1.54, 1.807) is 24.1 Å². The minimum Gasteiger partial charge on any atom is -0.389 e. The van der Waals surface area contributed by atoms with Crippen molar-refractivity contribution in [2.45, 2.75) is 12.2 Å². The van der Waals surface area contributed by atoms with E-state index in [0.717, 1.165) is 22.5 Å². The summed E-state index contributed by atoms with van der Waals surface area (Å²) >= 11 is 16.8. The number of fused-ring (bicyclic) bond motifs is 1. The number of halogens is 1. The number of nitrogens with two attached hydrogens (primary N) is 1. The zero-order valence-corrected chi connectivity index (χ0v) is 20.1. The van der Waals surface area contributed by atoms with Crippen molar-refractivity contribution in [3.63, 3.8) is 0 Å². The molecule has 2 aromatic carbocycles. The van der Waals surface area contributed by atoms with Crippen LogP contribution in [0.25, 0.3) is 0 Å². The molecule has 0 radical (unpaired) electrons. The lowest BCUT2D eigenvalue weighted by Gasteiger charge is -2.31. The van der Waals surface area contributed by atoms with Crippen molar-refractivity contribution < 1.29 is 4.79 Å². The molecule has 4 rings (SSSR count). The van der Waals surface area contributed by atoms with E-state index in [1.165, 1.54) is 0 Å². The Morgan fingerprint density at radius 3 is 2.48 bits per heavy atom. The predicted molar refractivity (Wildman–Crippen MR) is 142 cm³/mol. The van der Waals surface area contributed by atoms with E-state index in [-0.39, 0.29) is 23.0 Å². The van der Waals surface area contributed by atoms with E-state index in [0.29, 0.717) is 10.0 Å². The number of carbonyl (C=O) groups excluding carboxylic acids is 1. The van der Waals surface area contributed by atoms with Crippen LogP contribution in [-0.4, -0.2) is 45.9 Å². The maximum absolute atomic E-state index is 13.3. The van der Waals surface area contributed by atoms with Gasteiger partial charge in [0.25, 0.3) is 5.91 Å². The molecule has 2 aliphatic rings. The number of allylic oxidation sites excluding steroid dienone is 2. The van der Waals surface area contributed by atoms with Crippen LogP contribution in [0.15, 0.2) is 82.9 Å². The molecule has 1 aliphatic carbocycles. The van der Waals surface area contributed by atoms with Gasteiger partial charge in [-0.15, -0.1) is 0 Å². The van der Waals surface area contributed by atoms with Crippen LogP contribution in [0.3, 0.4) is 0 Å². The molecule has 0 aromatic heterocycles. The lowest BCUT2D eigenvalue weighted by Crippen LogP contribution is -2.49. The first-order chi connectivity index (χ1) is 15.8. The SMILES string of the molecule is CN1C(=O)C(NC(=S)Nc2ccc(C(N)=S)cc2)N=C(c2ccccc2)C2C=C(Cl)C=CC21. The normalized spacial score (nSPS) is 21.9. The van der Waals surface area contributed by atoms with Gasteiger partial charge in [0.1, 0.15) is 4.99 Å².